The summed E-state index contributed by atoms with van der Waals surface area (Å²) in [5, 5.41) is 0.127. The molecule has 0 bridgehead atoms. The Balaban J connectivity index is 2.43. The fourth-order valence-corrected chi connectivity index (χ4v) is 4.01. The van der Waals surface area contributed by atoms with Crippen LogP contribution in [0.4, 0.5) is 4.39 Å². The van der Waals surface area contributed by atoms with Crippen LogP contribution in [0.3, 0.4) is 0 Å². The highest BCUT2D eigenvalue weighted by Crippen LogP contribution is 2.27. The summed E-state index contributed by atoms with van der Waals surface area (Å²) in [5.74, 6) is -0.900. The highest BCUT2D eigenvalue weighted by molar-refractivity contribution is 7.89. The van der Waals surface area contributed by atoms with Crippen LogP contribution in [-0.4, -0.2) is 31.6 Å². The lowest BCUT2D eigenvalue weighted by molar-refractivity contribution is -0.111. The van der Waals surface area contributed by atoms with Gasteiger partial charge in [0.2, 0.25) is 10.0 Å². The van der Waals surface area contributed by atoms with E-state index in [0.717, 1.165) is 22.9 Å². The normalized spacial score (nSPS) is 21.3. The number of carbonyl (C=O) groups is 1. The predicted octanol–water partition coefficient (Wildman–Crippen LogP) is 2.22. The Hall–Kier alpha value is -0.980. The molecular formula is C12H13ClFNO3S. The van der Waals surface area contributed by atoms with Gasteiger partial charge in [-0.3, -0.25) is 0 Å². The average molecular weight is 306 g/mol. The van der Waals surface area contributed by atoms with E-state index in [1.165, 1.54) is 6.07 Å². The van der Waals surface area contributed by atoms with Crippen LogP contribution in [0.2, 0.25) is 5.02 Å². The molecule has 104 valence electrons. The molecule has 4 nitrogen and oxygen atoms in total. The first-order valence-electron chi connectivity index (χ1n) is 5.89. The van der Waals surface area contributed by atoms with Crippen LogP contribution < -0.4 is 0 Å². The van der Waals surface area contributed by atoms with E-state index in [1.54, 1.807) is 0 Å². The molecule has 1 aliphatic rings. The Labute approximate surface area is 116 Å². The Bertz CT molecular complexity index is 591. The SMILES string of the molecule is O=CC1CCCCN1S(=O)(=O)c1ccc(Cl)cc1F. The lowest BCUT2D eigenvalue weighted by Crippen LogP contribution is -2.44. The first-order chi connectivity index (χ1) is 8.96. The molecule has 0 aromatic heterocycles. The van der Waals surface area contributed by atoms with Crippen molar-refractivity contribution in [2.45, 2.75) is 30.2 Å². The summed E-state index contributed by atoms with van der Waals surface area (Å²) in [4.78, 5) is 10.5. The van der Waals surface area contributed by atoms with E-state index in [2.05, 4.69) is 0 Å². The van der Waals surface area contributed by atoms with Crippen molar-refractivity contribution in [3.8, 4) is 0 Å². The number of aldehydes is 1. The van der Waals surface area contributed by atoms with Gasteiger partial charge in [0.05, 0.1) is 6.04 Å². The Morgan fingerprint density at radius 1 is 1.37 bits per heavy atom. The van der Waals surface area contributed by atoms with Gasteiger partial charge in [-0.1, -0.05) is 18.0 Å². The molecule has 1 aromatic carbocycles. The first kappa shape index (κ1) is 14.4. The molecule has 0 spiro atoms. The molecule has 0 aliphatic carbocycles. The van der Waals surface area contributed by atoms with Gasteiger partial charge >= 0.3 is 0 Å². The Morgan fingerprint density at radius 3 is 2.74 bits per heavy atom. The topological polar surface area (TPSA) is 54.5 Å². The van der Waals surface area contributed by atoms with Gasteiger partial charge in [0, 0.05) is 11.6 Å². The molecule has 0 amide bonds. The van der Waals surface area contributed by atoms with Crippen LogP contribution in [0.25, 0.3) is 0 Å². The second-order valence-corrected chi connectivity index (χ2v) is 6.69. The highest BCUT2D eigenvalue weighted by atomic mass is 35.5. The molecule has 0 radical (unpaired) electrons. The molecule has 1 heterocycles. The van der Waals surface area contributed by atoms with E-state index in [9.17, 15) is 17.6 Å². The summed E-state index contributed by atoms with van der Waals surface area (Å²) in [6.07, 6.45) is 2.53. The fourth-order valence-electron chi connectivity index (χ4n) is 2.18. The van der Waals surface area contributed by atoms with Crippen molar-refractivity contribution in [1.82, 2.24) is 4.31 Å². The molecule has 1 atom stereocenters. The number of benzene rings is 1. The van der Waals surface area contributed by atoms with Crippen LogP contribution in [0, 0.1) is 5.82 Å². The Morgan fingerprint density at radius 2 is 2.11 bits per heavy atom. The smallest absolute Gasteiger partial charge is 0.246 e. The number of hydrogen-bond acceptors (Lipinski definition) is 3. The zero-order chi connectivity index (χ0) is 14.0. The number of carbonyl (C=O) groups excluding carboxylic acids is 1. The van der Waals surface area contributed by atoms with Crippen molar-refractivity contribution in [3.63, 3.8) is 0 Å². The summed E-state index contributed by atoms with van der Waals surface area (Å²) in [6.45, 7) is 0.230. The maximum Gasteiger partial charge on any atom is 0.246 e. The van der Waals surface area contributed by atoms with E-state index >= 15 is 0 Å². The molecular weight excluding hydrogens is 293 g/mol. The molecule has 1 aliphatic heterocycles. The number of sulfonamides is 1. The second kappa shape index (κ2) is 5.56. The van der Waals surface area contributed by atoms with Gasteiger partial charge in [-0.15, -0.1) is 0 Å². The number of rotatable bonds is 3. The van der Waals surface area contributed by atoms with E-state index in [1.807, 2.05) is 0 Å². The maximum absolute atomic E-state index is 13.8. The monoisotopic (exact) mass is 305 g/mol. The lowest BCUT2D eigenvalue weighted by Gasteiger charge is -2.31. The van der Waals surface area contributed by atoms with E-state index in [-0.39, 0.29) is 11.6 Å². The predicted molar refractivity (Wildman–Crippen MR) is 69.0 cm³/mol. The van der Waals surface area contributed by atoms with Gasteiger partial charge in [0.25, 0.3) is 0 Å². The van der Waals surface area contributed by atoms with Crippen molar-refractivity contribution in [2.75, 3.05) is 6.54 Å². The molecule has 0 N–H and O–H groups in total. The van der Waals surface area contributed by atoms with Crippen molar-refractivity contribution in [1.29, 1.82) is 0 Å². The second-order valence-electron chi connectivity index (χ2n) is 4.39. The third-order valence-electron chi connectivity index (χ3n) is 3.14. The summed E-state index contributed by atoms with van der Waals surface area (Å²) < 4.78 is 39.6. The quantitative estimate of drug-likeness (QED) is 0.805. The molecule has 1 fully saturated rings. The minimum Gasteiger partial charge on any atom is -0.302 e. The number of halogens is 2. The van der Waals surface area contributed by atoms with Gasteiger partial charge in [0.15, 0.2) is 0 Å². The van der Waals surface area contributed by atoms with Crippen LogP contribution in [-0.2, 0) is 14.8 Å². The van der Waals surface area contributed by atoms with Crippen LogP contribution in [0.15, 0.2) is 23.1 Å². The van der Waals surface area contributed by atoms with Crippen LogP contribution >= 0.6 is 11.6 Å². The molecule has 2 rings (SSSR count). The Kier molecular flexibility index (Phi) is 4.23. The van der Waals surface area contributed by atoms with E-state index in [0.29, 0.717) is 19.1 Å². The highest BCUT2D eigenvalue weighted by Gasteiger charge is 2.34. The average Bonchev–Trinajstić information content (AvgIpc) is 2.38. The number of hydrogen-bond donors (Lipinski definition) is 0. The van der Waals surface area contributed by atoms with Gasteiger partial charge < -0.3 is 4.79 Å². The van der Waals surface area contributed by atoms with Gasteiger partial charge in [0.1, 0.15) is 17.0 Å². The zero-order valence-corrected chi connectivity index (χ0v) is 11.6. The van der Waals surface area contributed by atoms with E-state index in [4.69, 9.17) is 11.6 Å². The van der Waals surface area contributed by atoms with Gasteiger partial charge in [-0.05, 0) is 31.0 Å². The van der Waals surface area contributed by atoms with Crippen molar-refractivity contribution < 1.29 is 17.6 Å². The largest absolute Gasteiger partial charge is 0.302 e. The van der Waals surface area contributed by atoms with Crippen LogP contribution in [0.5, 0.6) is 0 Å². The molecule has 1 saturated heterocycles. The first-order valence-corrected chi connectivity index (χ1v) is 7.71. The number of nitrogens with zero attached hydrogens (tertiary/aromatic N) is 1. The summed E-state index contributed by atoms with van der Waals surface area (Å²) in [5.41, 5.74) is 0. The lowest BCUT2D eigenvalue weighted by atomic mass is 10.1. The fraction of sp³-hybridized carbons (Fsp3) is 0.417. The minimum atomic E-state index is -4.00. The third kappa shape index (κ3) is 2.80. The number of piperidine rings is 1. The third-order valence-corrected chi connectivity index (χ3v) is 5.33. The minimum absolute atomic E-state index is 0.127. The van der Waals surface area contributed by atoms with Gasteiger partial charge in [-0.25, -0.2) is 12.8 Å². The zero-order valence-electron chi connectivity index (χ0n) is 10.1. The van der Waals surface area contributed by atoms with Crippen LogP contribution in [0.1, 0.15) is 19.3 Å². The molecule has 7 heteroatoms. The van der Waals surface area contributed by atoms with Gasteiger partial charge in [-0.2, -0.15) is 4.31 Å². The molecule has 1 unspecified atom stereocenters. The van der Waals surface area contributed by atoms with Crippen molar-refractivity contribution in [3.05, 3.63) is 29.0 Å². The summed E-state index contributed by atoms with van der Waals surface area (Å²) in [6, 6.07) is 2.68. The van der Waals surface area contributed by atoms with E-state index < -0.39 is 26.8 Å². The maximum atomic E-state index is 13.8. The van der Waals surface area contributed by atoms with Crippen molar-refractivity contribution >= 4 is 27.9 Å². The summed E-state index contributed by atoms with van der Waals surface area (Å²) >= 11 is 5.60. The molecule has 1 aromatic rings. The molecule has 19 heavy (non-hydrogen) atoms. The summed E-state index contributed by atoms with van der Waals surface area (Å²) in [7, 11) is -4.00. The molecule has 0 saturated carbocycles. The standard InChI is InChI=1S/C12H13ClFNO3S/c13-9-4-5-12(11(14)7-9)19(17,18)15-6-2-1-3-10(15)8-16/h4-5,7-8,10H,1-3,6H2. The van der Waals surface area contributed by atoms with Crippen molar-refractivity contribution in [2.24, 2.45) is 0 Å².